The van der Waals surface area contributed by atoms with Crippen molar-refractivity contribution in [2.45, 2.75) is 45.3 Å². The third-order valence-electron chi connectivity index (χ3n) is 4.08. The van der Waals surface area contributed by atoms with Crippen molar-refractivity contribution in [2.75, 3.05) is 0 Å². The van der Waals surface area contributed by atoms with Gasteiger partial charge in [0.2, 0.25) is 5.91 Å². The number of carbonyl (C=O) groups is 1. The van der Waals surface area contributed by atoms with Gasteiger partial charge in [0.05, 0.1) is 0 Å². The van der Waals surface area contributed by atoms with Crippen molar-refractivity contribution in [3.63, 3.8) is 0 Å². The first kappa shape index (κ1) is 16.5. The molecule has 6 heteroatoms. The average molecular weight is 395 g/mol. The van der Waals surface area contributed by atoms with Crippen LogP contribution in [0.15, 0.2) is 38.9 Å². The van der Waals surface area contributed by atoms with Crippen LogP contribution < -0.4 is 4.87 Å². The number of nitrogens with zero attached hydrogens (tertiary/aromatic N) is 2. The van der Waals surface area contributed by atoms with Crippen LogP contribution in [0.25, 0.3) is 0 Å². The summed E-state index contributed by atoms with van der Waals surface area (Å²) in [6, 6.07) is 8.43. The van der Waals surface area contributed by atoms with Gasteiger partial charge in [-0.05, 0) is 37.5 Å². The second-order valence-electron chi connectivity index (χ2n) is 5.93. The first-order chi connectivity index (χ1) is 11.0. The quantitative estimate of drug-likeness (QED) is 0.751. The van der Waals surface area contributed by atoms with Gasteiger partial charge >= 0.3 is 4.87 Å². The molecule has 1 saturated carbocycles. The van der Waals surface area contributed by atoms with Crippen LogP contribution in [0.1, 0.15) is 30.5 Å². The summed E-state index contributed by atoms with van der Waals surface area (Å²) < 4.78 is 2.71. The summed E-state index contributed by atoms with van der Waals surface area (Å²) in [5, 5.41) is 1.84. The van der Waals surface area contributed by atoms with E-state index >= 15 is 0 Å². The molecule has 0 bridgehead atoms. The minimum atomic E-state index is 0.0141. The normalized spacial score (nSPS) is 14.0. The fourth-order valence-electron chi connectivity index (χ4n) is 2.66. The second-order valence-corrected chi connectivity index (χ2v) is 7.66. The van der Waals surface area contributed by atoms with Crippen molar-refractivity contribution >= 4 is 33.2 Å². The standard InChI is InChI=1S/C17H19BrN2O2S/c1-12-11-23-17(22)19(12)8-7-16(21)20(15-5-6-15)10-13-3-2-4-14(18)9-13/h2-4,9,11,15H,5-8,10H2,1H3. The number of carbonyl (C=O) groups excluding carboxylic acids is 1. The Balaban J connectivity index is 1.66. The predicted octanol–water partition coefficient (Wildman–Crippen LogP) is 3.56. The summed E-state index contributed by atoms with van der Waals surface area (Å²) in [6.07, 6.45) is 2.54. The van der Waals surface area contributed by atoms with Gasteiger partial charge in [-0.3, -0.25) is 9.59 Å². The molecule has 0 N–H and O–H groups in total. The molecule has 122 valence electrons. The molecule has 1 aliphatic carbocycles. The maximum atomic E-state index is 12.6. The topological polar surface area (TPSA) is 42.3 Å². The average Bonchev–Trinajstić information content (AvgIpc) is 3.30. The van der Waals surface area contributed by atoms with E-state index in [9.17, 15) is 9.59 Å². The van der Waals surface area contributed by atoms with Crippen LogP contribution in [-0.2, 0) is 17.9 Å². The molecular weight excluding hydrogens is 376 g/mol. The molecule has 1 fully saturated rings. The van der Waals surface area contributed by atoms with E-state index in [0.717, 1.165) is 28.6 Å². The molecule has 0 unspecified atom stereocenters. The van der Waals surface area contributed by atoms with Gasteiger partial charge < -0.3 is 9.47 Å². The van der Waals surface area contributed by atoms with Crippen molar-refractivity contribution in [3.8, 4) is 0 Å². The van der Waals surface area contributed by atoms with Crippen LogP contribution in [0, 0.1) is 6.92 Å². The predicted molar refractivity (Wildman–Crippen MR) is 95.6 cm³/mol. The van der Waals surface area contributed by atoms with E-state index in [4.69, 9.17) is 0 Å². The fourth-order valence-corrected chi connectivity index (χ4v) is 3.87. The molecule has 0 aliphatic heterocycles. The SMILES string of the molecule is Cc1csc(=O)n1CCC(=O)N(Cc1cccc(Br)c1)C1CC1. The Bertz CT molecular complexity index is 764. The smallest absolute Gasteiger partial charge is 0.307 e. The highest BCUT2D eigenvalue weighted by molar-refractivity contribution is 9.10. The van der Waals surface area contributed by atoms with Crippen LogP contribution in [0.4, 0.5) is 0 Å². The van der Waals surface area contributed by atoms with Gasteiger partial charge in [-0.1, -0.05) is 39.4 Å². The Morgan fingerprint density at radius 2 is 2.22 bits per heavy atom. The van der Waals surface area contributed by atoms with Crippen LogP contribution >= 0.6 is 27.3 Å². The van der Waals surface area contributed by atoms with Crippen LogP contribution in [0.5, 0.6) is 0 Å². The second kappa shape index (κ2) is 7.01. The van der Waals surface area contributed by atoms with E-state index in [1.165, 1.54) is 11.3 Å². The van der Waals surface area contributed by atoms with E-state index in [2.05, 4.69) is 22.0 Å². The molecule has 2 aromatic rings. The van der Waals surface area contributed by atoms with Gasteiger partial charge in [-0.2, -0.15) is 0 Å². The maximum Gasteiger partial charge on any atom is 0.307 e. The lowest BCUT2D eigenvalue weighted by Gasteiger charge is -2.23. The molecular formula is C17H19BrN2O2S. The van der Waals surface area contributed by atoms with E-state index < -0.39 is 0 Å². The summed E-state index contributed by atoms with van der Waals surface area (Å²) in [4.78, 5) is 26.4. The lowest BCUT2D eigenvalue weighted by atomic mass is 10.2. The molecule has 4 nitrogen and oxygen atoms in total. The van der Waals surface area contributed by atoms with E-state index in [1.54, 1.807) is 4.57 Å². The number of benzene rings is 1. The Kier molecular flexibility index (Phi) is 5.02. The van der Waals surface area contributed by atoms with E-state index in [-0.39, 0.29) is 10.8 Å². The molecule has 1 amide bonds. The Morgan fingerprint density at radius 3 is 2.83 bits per heavy atom. The fraction of sp³-hybridized carbons (Fsp3) is 0.412. The van der Waals surface area contributed by atoms with E-state index in [1.807, 2.05) is 35.4 Å². The van der Waals surface area contributed by atoms with Crippen LogP contribution in [0.2, 0.25) is 0 Å². The number of halogens is 1. The molecule has 0 spiro atoms. The molecule has 1 heterocycles. The molecule has 1 aromatic heterocycles. The first-order valence-corrected chi connectivity index (χ1v) is 9.40. The van der Waals surface area contributed by atoms with Gasteiger partial charge in [-0.25, -0.2) is 0 Å². The Labute approximate surface area is 147 Å². The summed E-state index contributed by atoms with van der Waals surface area (Å²) in [5.41, 5.74) is 2.06. The third-order valence-corrected chi connectivity index (χ3v) is 5.45. The zero-order valence-electron chi connectivity index (χ0n) is 13.0. The number of thiazole rings is 1. The zero-order chi connectivity index (χ0) is 16.4. The molecule has 1 aliphatic rings. The highest BCUT2D eigenvalue weighted by Gasteiger charge is 2.32. The number of amides is 1. The summed E-state index contributed by atoms with van der Waals surface area (Å²) in [7, 11) is 0. The van der Waals surface area contributed by atoms with Gasteiger partial charge in [0.25, 0.3) is 0 Å². The third kappa shape index (κ3) is 4.12. The van der Waals surface area contributed by atoms with Crippen molar-refractivity contribution in [2.24, 2.45) is 0 Å². The molecule has 3 rings (SSSR count). The molecule has 1 aromatic carbocycles. The molecule has 0 radical (unpaired) electrons. The monoisotopic (exact) mass is 394 g/mol. The maximum absolute atomic E-state index is 12.6. The molecule has 23 heavy (non-hydrogen) atoms. The van der Waals surface area contributed by atoms with Crippen LogP contribution in [0.3, 0.4) is 0 Å². The minimum Gasteiger partial charge on any atom is -0.335 e. The summed E-state index contributed by atoms with van der Waals surface area (Å²) in [6.45, 7) is 3.01. The van der Waals surface area contributed by atoms with Crippen molar-refractivity contribution in [3.05, 3.63) is 55.0 Å². The highest BCUT2D eigenvalue weighted by Crippen LogP contribution is 2.29. The van der Waals surface area contributed by atoms with Gasteiger partial charge in [0.1, 0.15) is 0 Å². The minimum absolute atomic E-state index is 0.0141. The zero-order valence-corrected chi connectivity index (χ0v) is 15.4. The van der Waals surface area contributed by atoms with Gasteiger partial charge in [0, 0.05) is 41.1 Å². The van der Waals surface area contributed by atoms with Gasteiger partial charge in [0.15, 0.2) is 0 Å². The Morgan fingerprint density at radius 1 is 1.43 bits per heavy atom. The van der Waals surface area contributed by atoms with Crippen molar-refractivity contribution in [1.29, 1.82) is 0 Å². The number of hydrogen-bond acceptors (Lipinski definition) is 3. The van der Waals surface area contributed by atoms with E-state index in [0.29, 0.717) is 25.6 Å². The summed E-state index contributed by atoms with van der Waals surface area (Å²) >= 11 is 4.67. The van der Waals surface area contributed by atoms with Crippen molar-refractivity contribution in [1.82, 2.24) is 9.47 Å². The van der Waals surface area contributed by atoms with Crippen molar-refractivity contribution < 1.29 is 4.79 Å². The first-order valence-electron chi connectivity index (χ1n) is 7.73. The van der Waals surface area contributed by atoms with Gasteiger partial charge in [-0.15, -0.1) is 0 Å². The summed E-state index contributed by atoms with van der Waals surface area (Å²) in [5.74, 6) is 0.130. The Hall–Kier alpha value is -1.40. The number of aryl methyl sites for hydroxylation is 1. The lowest BCUT2D eigenvalue weighted by molar-refractivity contribution is -0.132. The van der Waals surface area contributed by atoms with Crippen LogP contribution in [-0.4, -0.2) is 21.4 Å². The lowest BCUT2D eigenvalue weighted by Crippen LogP contribution is -2.33. The number of aromatic nitrogens is 1. The number of rotatable bonds is 6. The highest BCUT2D eigenvalue weighted by atomic mass is 79.9. The molecule has 0 saturated heterocycles. The number of hydrogen-bond donors (Lipinski definition) is 0. The molecule has 0 atom stereocenters. The largest absolute Gasteiger partial charge is 0.335 e.